The topological polar surface area (TPSA) is 61.0 Å². The molecule has 0 fully saturated rings. The van der Waals surface area contributed by atoms with E-state index in [-0.39, 0.29) is 12.1 Å². The third-order valence-electron chi connectivity index (χ3n) is 2.11. The minimum absolute atomic E-state index is 0.0247. The average Bonchev–Trinajstić information content (AvgIpc) is 2.26. The van der Waals surface area contributed by atoms with E-state index in [9.17, 15) is 0 Å². The molecule has 0 aliphatic heterocycles. The van der Waals surface area contributed by atoms with E-state index in [4.69, 9.17) is 10.5 Å². The van der Waals surface area contributed by atoms with Crippen molar-refractivity contribution in [3.05, 3.63) is 24.3 Å². The molecule has 1 aromatic rings. The first-order valence-corrected chi connectivity index (χ1v) is 4.92. The first kappa shape index (κ1) is 11.1. The summed E-state index contributed by atoms with van der Waals surface area (Å²) < 4.78 is 5.51. The van der Waals surface area contributed by atoms with Crippen LogP contribution in [0.5, 0.6) is 0 Å². The first-order valence-electron chi connectivity index (χ1n) is 4.92. The third-order valence-corrected chi connectivity index (χ3v) is 2.11. The molecule has 4 heteroatoms. The summed E-state index contributed by atoms with van der Waals surface area (Å²) in [5.74, 6) is 0. The van der Waals surface area contributed by atoms with Crippen LogP contribution in [-0.4, -0.2) is 22.7 Å². The van der Waals surface area contributed by atoms with Gasteiger partial charge in [0.2, 0.25) is 0 Å². The van der Waals surface area contributed by atoms with E-state index < -0.39 is 0 Å². The summed E-state index contributed by atoms with van der Waals surface area (Å²) in [6.45, 7) is 4.69. The highest BCUT2D eigenvalue weighted by molar-refractivity contribution is 5.03. The van der Waals surface area contributed by atoms with Gasteiger partial charge in [0, 0.05) is 19.0 Å². The Balaban J connectivity index is 2.67. The minimum atomic E-state index is -0.186. The van der Waals surface area contributed by atoms with E-state index in [0.717, 1.165) is 12.1 Å². The zero-order chi connectivity index (χ0) is 10.4. The summed E-state index contributed by atoms with van der Waals surface area (Å²) in [6.07, 6.45) is 5.88. The molecule has 1 heterocycles. The van der Waals surface area contributed by atoms with Crippen LogP contribution in [0.15, 0.2) is 18.6 Å². The number of rotatable bonds is 5. The highest BCUT2D eigenvalue weighted by atomic mass is 16.5. The Morgan fingerprint density at radius 2 is 2.21 bits per heavy atom. The molecular weight excluding hydrogens is 178 g/mol. The molecule has 14 heavy (non-hydrogen) atoms. The lowest BCUT2D eigenvalue weighted by Gasteiger charge is -2.21. The maximum absolute atomic E-state index is 6.01. The van der Waals surface area contributed by atoms with E-state index in [0.29, 0.717) is 6.61 Å². The largest absolute Gasteiger partial charge is 0.376 e. The lowest BCUT2D eigenvalue weighted by atomic mass is 10.1. The van der Waals surface area contributed by atoms with Gasteiger partial charge in [0.25, 0.3) is 0 Å². The molecule has 0 radical (unpaired) electrons. The SMILES string of the molecule is CCOC(CC)C(N)c1cnccn1. The molecule has 0 saturated carbocycles. The van der Waals surface area contributed by atoms with Crippen molar-refractivity contribution in [1.82, 2.24) is 9.97 Å². The highest BCUT2D eigenvalue weighted by Crippen LogP contribution is 2.15. The van der Waals surface area contributed by atoms with Crippen LogP contribution in [0, 0.1) is 0 Å². The molecule has 2 unspecified atom stereocenters. The van der Waals surface area contributed by atoms with Gasteiger partial charge in [-0.05, 0) is 13.3 Å². The van der Waals surface area contributed by atoms with Crippen molar-refractivity contribution in [1.29, 1.82) is 0 Å². The quantitative estimate of drug-likeness (QED) is 0.769. The maximum Gasteiger partial charge on any atom is 0.0780 e. The molecule has 0 spiro atoms. The van der Waals surface area contributed by atoms with Crippen molar-refractivity contribution < 1.29 is 4.74 Å². The van der Waals surface area contributed by atoms with E-state index >= 15 is 0 Å². The van der Waals surface area contributed by atoms with Gasteiger partial charge in [0.15, 0.2) is 0 Å². The molecule has 1 aromatic heterocycles. The predicted molar refractivity (Wildman–Crippen MR) is 54.7 cm³/mol. The van der Waals surface area contributed by atoms with Crippen molar-refractivity contribution in [3.8, 4) is 0 Å². The Bertz CT molecular complexity index is 253. The zero-order valence-electron chi connectivity index (χ0n) is 8.68. The van der Waals surface area contributed by atoms with Crippen LogP contribution >= 0.6 is 0 Å². The van der Waals surface area contributed by atoms with Crippen molar-refractivity contribution in [2.75, 3.05) is 6.61 Å². The lowest BCUT2D eigenvalue weighted by molar-refractivity contribution is 0.0403. The second-order valence-electron chi connectivity index (χ2n) is 3.06. The maximum atomic E-state index is 6.01. The van der Waals surface area contributed by atoms with Gasteiger partial charge in [-0.2, -0.15) is 0 Å². The molecular formula is C10H17N3O. The van der Waals surface area contributed by atoms with Crippen molar-refractivity contribution in [2.45, 2.75) is 32.4 Å². The number of aromatic nitrogens is 2. The fraction of sp³-hybridized carbons (Fsp3) is 0.600. The summed E-state index contributed by atoms with van der Waals surface area (Å²) in [7, 11) is 0. The Hall–Kier alpha value is -1.00. The molecule has 1 rings (SSSR count). The predicted octanol–water partition coefficient (Wildman–Crippen LogP) is 1.29. The number of ether oxygens (including phenoxy) is 1. The van der Waals surface area contributed by atoms with Crippen molar-refractivity contribution in [3.63, 3.8) is 0 Å². The number of hydrogen-bond donors (Lipinski definition) is 1. The fourth-order valence-corrected chi connectivity index (χ4v) is 1.36. The smallest absolute Gasteiger partial charge is 0.0780 e. The monoisotopic (exact) mass is 195 g/mol. The van der Waals surface area contributed by atoms with Gasteiger partial charge in [-0.15, -0.1) is 0 Å². The molecule has 2 N–H and O–H groups in total. The minimum Gasteiger partial charge on any atom is -0.376 e. The van der Waals surface area contributed by atoms with Crippen LogP contribution in [0.1, 0.15) is 32.0 Å². The van der Waals surface area contributed by atoms with E-state index in [1.54, 1.807) is 18.6 Å². The van der Waals surface area contributed by atoms with Crippen LogP contribution in [-0.2, 0) is 4.74 Å². The van der Waals surface area contributed by atoms with E-state index in [2.05, 4.69) is 16.9 Å². The summed E-state index contributed by atoms with van der Waals surface area (Å²) in [4.78, 5) is 8.15. The number of nitrogens with two attached hydrogens (primary N) is 1. The molecule has 4 nitrogen and oxygen atoms in total. The Kier molecular flexibility index (Phi) is 4.49. The first-order chi connectivity index (χ1) is 6.79. The third kappa shape index (κ3) is 2.75. The Labute approximate surface area is 84.5 Å². The summed E-state index contributed by atoms with van der Waals surface area (Å²) >= 11 is 0. The van der Waals surface area contributed by atoms with Gasteiger partial charge >= 0.3 is 0 Å². The summed E-state index contributed by atoms with van der Waals surface area (Å²) in [6, 6.07) is -0.186. The molecule has 0 amide bonds. The second-order valence-corrected chi connectivity index (χ2v) is 3.06. The standard InChI is InChI=1S/C10H17N3O/c1-3-9(14-4-2)10(11)8-7-12-5-6-13-8/h5-7,9-10H,3-4,11H2,1-2H3. The highest BCUT2D eigenvalue weighted by Gasteiger charge is 2.18. The Morgan fingerprint density at radius 1 is 1.43 bits per heavy atom. The van der Waals surface area contributed by atoms with Gasteiger partial charge in [0.05, 0.1) is 24.0 Å². The van der Waals surface area contributed by atoms with Crippen LogP contribution in [0.25, 0.3) is 0 Å². The molecule has 2 atom stereocenters. The van der Waals surface area contributed by atoms with E-state index in [1.165, 1.54) is 0 Å². The van der Waals surface area contributed by atoms with Gasteiger partial charge in [-0.3, -0.25) is 9.97 Å². The molecule has 0 bridgehead atoms. The number of nitrogens with zero attached hydrogens (tertiary/aromatic N) is 2. The molecule has 0 aromatic carbocycles. The van der Waals surface area contributed by atoms with Gasteiger partial charge in [-0.25, -0.2) is 0 Å². The normalized spacial score (nSPS) is 15.1. The van der Waals surface area contributed by atoms with Crippen LogP contribution < -0.4 is 5.73 Å². The second kappa shape index (κ2) is 5.67. The fourth-order valence-electron chi connectivity index (χ4n) is 1.36. The van der Waals surface area contributed by atoms with Gasteiger partial charge in [-0.1, -0.05) is 6.92 Å². The molecule has 0 aliphatic rings. The van der Waals surface area contributed by atoms with Crippen LogP contribution in [0.3, 0.4) is 0 Å². The summed E-state index contributed by atoms with van der Waals surface area (Å²) in [5.41, 5.74) is 6.79. The van der Waals surface area contributed by atoms with Gasteiger partial charge < -0.3 is 10.5 Å². The zero-order valence-corrected chi connectivity index (χ0v) is 8.68. The van der Waals surface area contributed by atoms with Crippen molar-refractivity contribution >= 4 is 0 Å². The number of hydrogen-bond acceptors (Lipinski definition) is 4. The average molecular weight is 195 g/mol. The molecule has 0 aliphatic carbocycles. The van der Waals surface area contributed by atoms with Crippen molar-refractivity contribution in [2.24, 2.45) is 5.73 Å². The Morgan fingerprint density at radius 3 is 2.71 bits per heavy atom. The van der Waals surface area contributed by atoms with Gasteiger partial charge in [0.1, 0.15) is 0 Å². The van der Waals surface area contributed by atoms with Crippen LogP contribution in [0.4, 0.5) is 0 Å². The van der Waals surface area contributed by atoms with Crippen LogP contribution in [0.2, 0.25) is 0 Å². The molecule has 0 saturated heterocycles. The lowest BCUT2D eigenvalue weighted by Crippen LogP contribution is -2.29. The van der Waals surface area contributed by atoms with E-state index in [1.807, 2.05) is 6.92 Å². The summed E-state index contributed by atoms with van der Waals surface area (Å²) in [5, 5.41) is 0. The molecule has 78 valence electrons.